The van der Waals surface area contributed by atoms with Crippen LogP contribution in [-0.2, 0) is 4.74 Å². The number of nitrogens with zero attached hydrogens (tertiary/aromatic N) is 3. The summed E-state index contributed by atoms with van der Waals surface area (Å²) in [6.45, 7) is 7.53. The Hall–Kier alpha value is -3.03. The molecular weight excluding hydrogens is 370 g/mol. The maximum absolute atomic E-state index is 11.8. The van der Waals surface area contributed by atoms with Gasteiger partial charge in [0, 0.05) is 25.3 Å². The smallest absolute Gasteiger partial charge is 0.409 e. The lowest BCUT2D eigenvalue weighted by molar-refractivity contribution is 0.0983. The van der Waals surface area contributed by atoms with Gasteiger partial charge in [0.1, 0.15) is 11.6 Å². The Bertz CT molecular complexity index is 806. The molecule has 1 saturated heterocycles. The fourth-order valence-electron chi connectivity index (χ4n) is 3.17. The summed E-state index contributed by atoms with van der Waals surface area (Å²) in [5.74, 6) is 2.03. The fourth-order valence-corrected chi connectivity index (χ4v) is 3.17. The molecule has 0 radical (unpaired) electrons. The van der Waals surface area contributed by atoms with E-state index in [1.54, 1.807) is 11.1 Å². The van der Waals surface area contributed by atoms with Crippen LogP contribution in [0, 0.1) is 0 Å². The minimum Gasteiger partial charge on any atom is -0.489 e. The lowest BCUT2D eigenvalue weighted by atomic mass is 10.1. The van der Waals surface area contributed by atoms with Gasteiger partial charge in [-0.2, -0.15) is 4.98 Å². The molecule has 0 bridgehead atoms. The minimum atomic E-state index is -0.240. The monoisotopic (exact) mass is 399 g/mol. The Balaban J connectivity index is 1.59. The predicted octanol–water partition coefficient (Wildman–Crippen LogP) is 4.04. The van der Waals surface area contributed by atoms with Gasteiger partial charge in [-0.1, -0.05) is 12.1 Å². The average Bonchev–Trinajstić information content (AvgIpc) is 2.70. The predicted molar refractivity (Wildman–Crippen MR) is 113 cm³/mol. The molecule has 2 aromatic rings. The number of benzene rings is 1. The molecule has 0 atom stereocenters. The number of nitrogens with one attached hydrogen (secondary N) is 2. The van der Waals surface area contributed by atoms with Crippen LogP contribution >= 0.6 is 0 Å². The van der Waals surface area contributed by atoms with Gasteiger partial charge in [0.25, 0.3) is 0 Å². The van der Waals surface area contributed by atoms with Crippen LogP contribution in [0.25, 0.3) is 0 Å². The fraction of sp³-hybridized carbons (Fsp3) is 0.476. The van der Waals surface area contributed by atoms with Gasteiger partial charge in [-0.15, -0.1) is 0 Å². The number of rotatable bonds is 7. The van der Waals surface area contributed by atoms with E-state index in [0.29, 0.717) is 31.5 Å². The zero-order chi connectivity index (χ0) is 20.6. The molecule has 1 aromatic heterocycles. The SMILES string of the molecule is CCOC(=O)N1CCC(Nc2nccc(Nc3ccccc3OC(C)C)n2)CC1. The van der Waals surface area contributed by atoms with Crippen molar-refractivity contribution in [3.05, 3.63) is 36.5 Å². The number of likely N-dealkylation sites (tertiary alicyclic amines) is 1. The summed E-state index contributed by atoms with van der Waals surface area (Å²) in [5, 5.41) is 6.68. The molecule has 1 aliphatic heterocycles. The van der Waals surface area contributed by atoms with Crippen molar-refractivity contribution >= 4 is 23.5 Å². The Morgan fingerprint density at radius 2 is 2.00 bits per heavy atom. The molecule has 1 amide bonds. The minimum absolute atomic E-state index is 0.0843. The number of amides is 1. The van der Waals surface area contributed by atoms with Gasteiger partial charge in [0.15, 0.2) is 0 Å². The van der Waals surface area contributed by atoms with Gasteiger partial charge in [-0.3, -0.25) is 0 Å². The van der Waals surface area contributed by atoms with Crippen molar-refractivity contribution in [2.75, 3.05) is 30.3 Å². The number of para-hydroxylation sites is 2. The molecule has 0 unspecified atom stereocenters. The lowest BCUT2D eigenvalue weighted by Gasteiger charge is -2.31. The average molecular weight is 399 g/mol. The molecule has 0 saturated carbocycles. The van der Waals surface area contributed by atoms with E-state index in [2.05, 4.69) is 20.6 Å². The summed E-state index contributed by atoms with van der Waals surface area (Å²) in [5.41, 5.74) is 0.855. The highest BCUT2D eigenvalue weighted by molar-refractivity contribution is 5.67. The molecule has 8 heteroatoms. The quantitative estimate of drug-likeness (QED) is 0.726. The first kappa shape index (κ1) is 20.7. The molecule has 1 aromatic carbocycles. The summed E-state index contributed by atoms with van der Waals surface area (Å²) in [6, 6.07) is 9.82. The summed E-state index contributed by atoms with van der Waals surface area (Å²) in [6.07, 6.45) is 3.21. The second-order valence-corrected chi connectivity index (χ2v) is 7.16. The van der Waals surface area contributed by atoms with E-state index in [9.17, 15) is 4.79 Å². The Morgan fingerprint density at radius 3 is 2.72 bits per heavy atom. The zero-order valence-electron chi connectivity index (χ0n) is 17.2. The van der Waals surface area contributed by atoms with E-state index in [4.69, 9.17) is 9.47 Å². The topological polar surface area (TPSA) is 88.6 Å². The summed E-state index contributed by atoms with van der Waals surface area (Å²) >= 11 is 0. The third-order valence-corrected chi connectivity index (χ3v) is 4.52. The van der Waals surface area contributed by atoms with Crippen LogP contribution < -0.4 is 15.4 Å². The first-order valence-corrected chi connectivity index (χ1v) is 10.1. The van der Waals surface area contributed by atoms with Crippen LogP contribution in [-0.4, -0.2) is 52.8 Å². The van der Waals surface area contributed by atoms with Crippen molar-refractivity contribution in [1.29, 1.82) is 0 Å². The second-order valence-electron chi connectivity index (χ2n) is 7.16. The highest BCUT2D eigenvalue weighted by Gasteiger charge is 2.24. The van der Waals surface area contributed by atoms with Crippen molar-refractivity contribution in [3.8, 4) is 5.75 Å². The number of anilines is 3. The Morgan fingerprint density at radius 1 is 1.24 bits per heavy atom. The number of piperidine rings is 1. The second kappa shape index (κ2) is 9.95. The summed E-state index contributed by atoms with van der Waals surface area (Å²) < 4.78 is 10.9. The molecule has 2 heterocycles. The third kappa shape index (κ3) is 5.97. The number of ether oxygens (including phenoxy) is 2. The normalized spacial score (nSPS) is 14.6. The molecule has 8 nitrogen and oxygen atoms in total. The van der Waals surface area contributed by atoms with Gasteiger partial charge >= 0.3 is 6.09 Å². The van der Waals surface area contributed by atoms with Crippen LogP contribution in [0.1, 0.15) is 33.6 Å². The third-order valence-electron chi connectivity index (χ3n) is 4.52. The van der Waals surface area contributed by atoms with E-state index in [0.717, 1.165) is 24.3 Å². The van der Waals surface area contributed by atoms with Gasteiger partial charge in [-0.05, 0) is 51.8 Å². The maximum atomic E-state index is 11.8. The zero-order valence-corrected chi connectivity index (χ0v) is 17.2. The highest BCUT2D eigenvalue weighted by atomic mass is 16.6. The van der Waals surface area contributed by atoms with Crippen molar-refractivity contribution < 1.29 is 14.3 Å². The molecule has 1 aliphatic rings. The van der Waals surface area contributed by atoms with Crippen LogP contribution in [0.2, 0.25) is 0 Å². The number of carbonyl (C=O) groups is 1. The van der Waals surface area contributed by atoms with Crippen LogP contribution in [0.15, 0.2) is 36.5 Å². The van der Waals surface area contributed by atoms with Crippen LogP contribution in [0.5, 0.6) is 5.75 Å². The summed E-state index contributed by atoms with van der Waals surface area (Å²) in [7, 11) is 0. The molecule has 29 heavy (non-hydrogen) atoms. The maximum Gasteiger partial charge on any atom is 0.409 e. The van der Waals surface area contributed by atoms with Gasteiger partial charge in [0.05, 0.1) is 18.4 Å². The van der Waals surface area contributed by atoms with Gasteiger partial charge in [-0.25, -0.2) is 9.78 Å². The first-order chi connectivity index (χ1) is 14.0. The van der Waals surface area contributed by atoms with E-state index in [-0.39, 0.29) is 18.2 Å². The molecule has 156 valence electrons. The van der Waals surface area contributed by atoms with Crippen LogP contribution in [0.4, 0.5) is 22.2 Å². The largest absolute Gasteiger partial charge is 0.489 e. The standard InChI is InChI=1S/C21H29N5O3/c1-4-28-21(27)26-13-10-16(11-14-26)23-20-22-12-9-19(25-20)24-17-7-5-6-8-18(17)29-15(2)3/h5-9,12,15-16H,4,10-11,13-14H2,1-3H3,(H2,22,23,24,25). The van der Waals surface area contributed by atoms with Crippen molar-refractivity contribution in [1.82, 2.24) is 14.9 Å². The molecular formula is C21H29N5O3. The number of carbonyl (C=O) groups excluding carboxylic acids is 1. The Kier molecular flexibility index (Phi) is 7.10. The number of hydrogen-bond acceptors (Lipinski definition) is 7. The number of hydrogen-bond donors (Lipinski definition) is 2. The van der Waals surface area contributed by atoms with E-state index in [1.807, 2.05) is 51.1 Å². The molecule has 3 rings (SSSR count). The first-order valence-electron chi connectivity index (χ1n) is 10.1. The lowest BCUT2D eigenvalue weighted by Crippen LogP contribution is -2.42. The number of aromatic nitrogens is 2. The molecule has 0 aliphatic carbocycles. The van der Waals surface area contributed by atoms with Gasteiger partial charge in [0.2, 0.25) is 5.95 Å². The van der Waals surface area contributed by atoms with Crippen LogP contribution in [0.3, 0.4) is 0 Å². The highest BCUT2D eigenvalue weighted by Crippen LogP contribution is 2.28. The van der Waals surface area contributed by atoms with E-state index >= 15 is 0 Å². The van der Waals surface area contributed by atoms with E-state index in [1.165, 1.54) is 0 Å². The van der Waals surface area contributed by atoms with Gasteiger partial charge < -0.3 is 25.0 Å². The summed E-state index contributed by atoms with van der Waals surface area (Å²) in [4.78, 5) is 22.5. The molecule has 2 N–H and O–H groups in total. The molecule has 1 fully saturated rings. The van der Waals surface area contributed by atoms with Crippen molar-refractivity contribution in [2.24, 2.45) is 0 Å². The molecule has 0 spiro atoms. The van der Waals surface area contributed by atoms with Crippen molar-refractivity contribution in [2.45, 2.75) is 45.8 Å². The van der Waals surface area contributed by atoms with Crippen molar-refractivity contribution in [3.63, 3.8) is 0 Å². The Labute approximate surface area is 171 Å². The van der Waals surface area contributed by atoms with E-state index < -0.39 is 0 Å².